The van der Waals surface area contributed by atoms with Gasteiger partial charge >= 0.3 is 5.97 Å². The van der Waals surface area contributed by atoms with Crippen molar-refractivity contribution < 1.29 is 23.4 Å². The molecular weight excluding hydrogens is 504 g/mol. The van der Waals surface area contributed by atoms with Gasteiger partial charge in [0.15, 0.2) is 0 Å². The van der Waals surface area contributed by atoms with Crippen molar-refractivity contribution in [1.82, 2.24) is 0 Å². The largest absolute Gasteiger partial charge is 0.543 e. The highest BCUT2D eigenvalue weighted by molar-refractivity contribution is 6.74. The van der Waals surface area contributed by atoms with Crippen LogP contribution in [0.4, 0.5) is 0 Å². The molecule has 0 heterocycles. The monoisotopic (exact) mass is 548 g/mol. The maximum atomic E-state index is 11.7. The minimum atomic E-state index is -1.91. The molecule has 3 aromatic rings. The van der Waals surface area contributed by atoms with Crippen molar-refractivity contribution in [2.24, 2.45) is 0 Å². The number of rotatable bonds is 11. The predicted molar refractivity (Wildman–Crippen MR) is 161 cm³/mol. The van der Waals surface area contributed by atoms with E-state index in [0.29, 0.717) is 13.2 Å². The molecule has 0 spiro atoms. The van der Waals surface area contributed by atoms with Crippen LogP contribution in [0, 0.1) is 13.8 Å². The van der Waals surface area contributed by atoms with E-state index in [1.165, 1.54) is 29.4 Å². The van der Waals surface area contributed by atoms with Crippen LogP contribution in [0.3, 0.4) is 0 Å². The van der Waals surface area contributed by atoms with Gasteiger partial charge in [-0.1, -0.05) is 51.1 Å². The Morgan fingerprint density at radius 2 is 1.56 bits per heavy atom. The zero-order valence-corrected chi connectivity index (χ0v) is 26.0. The van der Waals surface area contributed by atoms with Crippen LogP contribution < -0.4 is 9.16 Å². The fourth-order valence-electron chi connectivity index (χ4n) is 4.36. The number of hydrogen-bond donors (Lipinski definition) is 0. The molecule has 0 saturated carbocycles. The molecule has 6 heteroatoms. The van der Waals surface area contributed by atoms with Gasteiger partial charge in [-0.3, -0.25) is 4.79 Å². The summed E-state index contributed by atoms with van der Waals surface area (Å²) in [6, 6.07) is 20.6. The third-order valence-corrected chi connectivity index (χ3v) is 11.9. The molecule has 5 nitrogen and oxygen atoms in total. The quantitative estimate of drug-likeness (QED) is 0.177. The molecule has 0 amide bonds. The van der Waals surface area contributed by atoms with Gasteiger partial charge in [-0.25, -0.2) is 0 Å². The second-order valence-corrected chi connectivity index (χ2v) is 16.3. The van der Waals surface area contributed by atoms with Gasteiger partial charge in [0, 0.05) is 6.61 Å². The van der Waals surface area contributed by atoms with E-state index in [0.717, 1.165) is 22.6 Å². The summed E-state index contributed by atoms with van der Waals surface area (Å²) in [5.41, 5.74) is 6.82. The van der Waals surface area contributed by atoms with E-state index in [1.54, 1.807) is 0 Å². The summed E-state index contributed by atoms with van der Waals surface area (Å²) in [5.74, 6) is 1.43. The molecule has 0 aliphatic heterocycles. The summed E-state index contributed by atoms with van der Waals surface area (Å²) < 4.78 is 23.2. The van der Waals surface area contributed by atoms with Gasteiger partial charge in [0.05, 0.1) is 19.6 Å². The highest BCUT2D eigenvalue weighted by atomic mass is 28.4. The van der Waals surface area contributed by atoms with Gasteiger partial charge in [-0.15, -0.1) is 0 Å². The third-order valence-electron chi connectivity index (χ3n) is 7.51. The average molecular weight is 549 g/mol. The second-order valence-electron chi connectivity index (χ2n) is 11.6. The van der Waals surface area contributed by atoms with Crippen LogP contribution in [-0.4, -0.2) is 28.0 Å². The van der Waals surface area contributed by atoms with Crippen molar-refractivity contribution in [3.63, 3.8) is 0 Å². The van der Waals surface area contributed by atoms with Crippen LogP contribution in [0.15, 0.2) is 60.7 Å². The lowest BCUT2D eigenvalue weighted by molar-refractivity contribution is -0.143. The highest BCUT2D eigenvalue weighted by Gasteiger charge is 2.39. The molecule has 0 saturated heterocycles. The molecule has 0 aliphatic carbocycles. The summed E-state index contributed by atoms with van der Waals surface area (Å²) in [7, 11) is -0.519. The number of carbonyl (C=O) groups excluding carboxylic acids is 1. The van der Waals surface area contributed by atoms with Crippen molar-refractivity contribution in [3.8, 4) is 22.6 Å². The Hall–Kier alpha value is -3.09. The summed E-state index contributed by atoms with van der Waals surface area (Å²) in [6.45, 7) is 18.5. The molecular formula is C33H44O5Si. The molecule has 0 fully saturated rings. The molecule has 0 N–H and O–H groups in total. The molecule has 1 atom stereocenters. The Morgan fingerprint density at radius 3 is 2.13 bits per heavy atom. The van der Waals surface area contributed by atoms with Crippen molar-refractivity contribution in [2.75, 3.05) is 13.7 Å². The number of aryl methyl sites for hydroxylation is 2. The number of carbonyl (C=O) groups is 1. The summed E-state index contributed by atoms with van der Waals surface area (Å²) in [6.07, 6.45) is -0.155. The molecule has 0 unspecified atom stereocenters. The van der Waals surface area contributed by atoms with E-state index in [2.05, 4.69) is 84.1 Å². The van der Waals surface area contributed by atoms with Crippen LogP contribution in [0.25, 0.3) is 11.1 Å². The number of hydrogen-bond acceptors (Lipinski definition) is 5. The lowest BCUT2D eigenvalue weighted by Gasteiger charge is -2.36. The number of esters is 1. The number of ether oxygens (including phenoxy) is 3. The molecule has 3 aromatic carbocycles. The highest BCUT2D eigenvalue weighted by Crippen LogP contribution is 2.39. The predicted octanol–water partition coefficient (Wildman–Crippen LogP) is 8.57. The van der Waals surface area contributed by atoms with Crippen molar-refractivity contribution in [3.05, 3.63) is 82.9 Å². The van der Waals surface area contributed by atoms with Gasteiger partial charge in [0.2, 0.25) is 8.32 Å². The SMILES string of the molecule is CCO[C@@H](CC(=O)OC)c1ccc(OCc2cccc(-c3c(C)cc(O[Si](C)(C)C(C)(C)C)cc3C)c2)cc1. The first-order valence-corrected chi connectivity index (χ1v) is 16.6. The first-order valence-electron chi connectivity index (χ1n) is 13.7. The number of methoxy groups -OCH3 is 1. The minimum Gasteiger partial charge on any atom is -0.543 e. The molecule has 0 radical (unpaired) electrons. The lowest BCUT2D eigenvalue weighted by atomic mass is 9.94. The Bertz CT molecular complexity index is 1230. The Morgan fingerprint density at radius 1 is 0.923 bits per heavy atom. The normalized spacial score (nSPS) is 12.6. The van der Waals surface area contributed by atoms with E-state index in [9.17, 15) is 4.79 Å². The zero-order valence-electron chi connectivity index (χ0n) is 25.0. The van der Waals surface area contributed by atoms with Crippen molar-refractivity contribution >= 4 is 14.3 Å². The van der Waals surface area contributed by atoms with Gasteiger partial charge in [-0.2, -0.15) is 0 Å². The van der Waals surface area contributed by atoms with Crippen molar-refractivity contribution in [2.45, 2.75) is 78.8 Å². The van der Waals surface area contributed by atoms with Gasteiger partial charge in [0.25, 0.3) is 0 Å². The zero-order chi connectivity index (χ0) is 28.8. The van der Waals surface area contributed by atoms with Crippen LogP contribution in [0.1, 0.15) is 62.5 Å². The second kappa shape index (κ2) is 12.8. The number of benzene rings is 3. The van der Waals surface area contributed by atoms with E-state index >= 15 is 0 Å². The molecule has 210 valence electrons. The molecule has 0 bridgehead atoms. The van der Waals surface area contributed by atoms with E-state index in [-0.39, 0.29) is 23.5 Å². The van der Waals surface area contributed by atoms with E-state index < -0.39 is 8.32 Å². The fraction of sp³-hybridized carbons (Fsp3) is 0.424. The first-order chi connectivity index (χ1) is 18.3. The summed E-state index contributed by atoms with van der Waals surface area (Å²) in [4.78, 5) is 11.7. The van der Waals surface area contributed by atoms with Crippen molar-refractivity contribution in [1.29, 1.82) is 0 Å². The fourth-order valence-corrected chi connectivity index (χ4v) is 5.37. The van der Waals surface area contributed by atoms with E-state index in [4.69, 9.17) is 18.6 Å². The lowest BCUT2D eigenvalue weighted by Crippen LogP contribution is -2.43. The standard InChI is InChI=1S/C33H44O5Si/c1-10-36-30(21-31(34)35-7)26-14-16-28(17-15-26)37-22-25-12-11-13-27(20-25)32-23(2)18-29(19-24(32)3)38-39(8,9)33(4,5)6/h11-20,30H,10,21-22H2,1-9H3/t30-/m0/s1. The van der Waals surface area contributed by atoms with Crippen LogP contribution in [-0.2, 0) is 20.9 Å². The molecule has 0 aliphatic rings. The maximum absolute atomic E-state index is 11.7. The molecule has 3 rings (SSSR count). The Labute approximate surface area is 235 Å². The molecule has 39 heavy (non-hydrogen) atoms. The maximum Gasteiger partial charge on any atom is 0.308 e. The van der Waals surface area contributed by atoms with Gasteiger partial charge < -0.3 is 18.6 Å². The minimum absolute atomic E-state index is 0.149. The Balaban J connectivity index is 1.73. The topological polar surface area (TPSA) is 54.0 Å². The van der Waals surface area contributed by atoms with Gasteiger partial charge in [0.1, 0.15) is 18.1 Å². The van der Waals surface area contributed by atoms with E-state index in [1.807, 2.05) is 31.2 Å². The first kappa shape index (κ1) is 30.4. The molecule has 0 aromatic heterocycles. The smallest absolute Gasteiger partial charge is 0.308 e. The van der Waals surface area contributed by atoms with Gasteiger partial charge in [-0.05, 0) is 103 Å². The van der Waals surface area contributed by atoms with Crippen LogP contribution in [0.5, 0.6) is 11.5 Å². The van der Waals surface area contributed by atoms with Crippen LogP contribution in [0.2, 0.25) is 18.1 Å². The average Bonchev–Trinajstić information content (AvgIpc) is 2.86. The Kier molecular flexibility index (Phi) is 10.0. The van der Waals surface area contributed by atoms with Crippen LogP contribution >= 0.6 is 0 Å². The summed E-state index contributed by atoms with van der Waals surface area (Å²) >= 11 is 0. The summed E-state index contributed by atoms with van der Waals surface area (Å²) in [5, 5.41) is 0.149. The third kappa shape index (κ3) is 7.96.